The van der Waals surface area contributed by atoms with Gasteiger partial charge in [-0.25, -0.2) is 9.59 Å². The van der Waals surface area contributed by atoms with Crippen molar-refractivity contribution in [1.82, 2.24) is 4.90 Å². The second-order valence-electron chi connectivity index (χ2n) is 5.57. The zero-order valence-corrected chi connectivity index (χ0v) is 12.3. The van der Waals surface area contributed by atoms with Gasteiger partial charge in [-0.15, -0.1) is 0 Å². The van der Waals surface area contributed by atoms with Crippen molar-refractivity contribution in [2.24, 2.45) is 0 Å². The van der Waals surface area contributed by atoms with E-state index in [9.17, 15) is 9.59 Å². The normalized spacial score (nSPS) is 31.6. The van der Waals surface area contributed by atoms with Gasteiger partial charge in [0.15, 0.2) is 0 Å². The highest BCUT2D eigenvalue weighted by Crippen LogP contribution is 2.40. The molecule has 2 atom stereocenters. The molecule has 17 heavy (non-hydrogen) atoms. The van der Waals surface area contributed by atoms with Crippen LogP contribution in [0.2, 0.25) is 0 Å². The van der Waals surface area contributed by atoms with Crippen molar-refractivity contribution in [2.45, 2.75) is 44.4 Å². The van der Waals surface area contributed by atoms with Crippen LogP contribution in [0.5, 0.6) is 0 Å². The van der Waals surface area contributed by atoms with Gasteiger partial charge in [0.05, 0.1) is 6.54 Å². The third kappa shape index (κ3) is 2.36. The summed E-state index contributed by atoms with van der Waals surface area (Å²) in [5.74, 6) is -0.307. The van der Waals surface area contributed by atoms with E-state index in [2.05, 4.69) is 22.6 Å². The molecule has 0 aliphatic carbocycles. The molecule has 0 N–H and O–H groups in total. The molecule has 2 heterocycles. The van der Waals surface area contributed by atoms with Crippen LogP contribution in [-0.4, -0.2) is 45.2 Å². The highest BCUT2D eigenvalue weighted by molar-refractivity contribution is 14.1. The summed E-state index contributed by atoms with van der Waals surface area (Å²) in [6.45, 7) is 5.88. The van der Waals surface area contributed by atoms with E-state index in [4.69, 9.17) is 9.47 Å². The predicted octanol–water partition coefficient (Wildman–Crippen LogP) is 1.73. The van der Waals surface area contributed by atoms with E-state index in [1.165, 1.54) is 4.90 Å². The number of amides is 1. The first-order valence-electron chi connectivity index (χ1n) is 5.55. The molecular weight excluding hydrogens is 337 g/mol. The van der Waals surface area contributed by atoms with Gasteiger partial charge in [0, 0.05) is 10.8 Å². The maximum Gasteiger partial charge on any atom is 0.411 e. The Kier molecular flexibility index (Phi) is 3.04. The SMILES string of the molecule is CC(C)(C)OC(=O)N1CC2(CI)CC1C(=O)O2. The number of nitrogens with zero attached hydrogens (tertiary/aromatic N) is 1. The molecule has 2 unspecified atom stereocenters. The molecule has 0 aromatic carbocycles. The fourth-order valence-corrected chi connectivity index (χ4v) is 2.86. The smallest absolute Gasteiger partial charge is 0.411 e. The van der Waals surface area contributed by atoms with Gasteiger partial charge in [0.1, 0.15) is 17.2 Å². The molecule has 0 spiro atoms. The molecule has 96 valence electrons. The number of hydrogen-bond acceptors (Lipinski definition) is 4. The van der Waals surface area contributed by atoms with Crippen LogP contribution < -0.4 is 0 Å². The maximum atomic E-state index is 11.9. The third-order valence-electron chi connectivity index (χ3n) is 2.86. The molecule has 0 aromatic rings. The van der Waals surface area contributed by atoms with Crippen LogP contribution in [0.4, 0.5) is 4.79 Å². The summed E-state index contributed by atoms with van der Waals surface area (Å²) in [5, 5.41) is 0. The van der Waals surface area contributed by atoms with Crippen LogP contribution in [-0.2, 0) is 14.3 Å². The van der Waals surface area contributed by atoms with E-state index in [1.807, 2.05) is 20.8 Å². The topological polar surface area (TPSA) is 55.8 Å². The Bertz CT molecular complexity index is 365. The summed E-state index contributed by atoms with van der Waals surface area (Å²) < 4.78 is 11.3. The van der Waals surface area contributed by atoms with Crippen molar-refractivity contribution in [3.05, 3.63) is 0 Å². The lowest BCUT2D eigenvalue weighted by Gasteiger charge is -2.32. The van der Waals surface area contributed by atoms with E-state index >= 15 is 0 Å². The average Bonchev–Trinajstić information content (AvgIpc) is 2.70. The molecule has 0 aromatic heterocycles. The fourth-order valence-electron chi connectivity index (χ4n) is 2.15. The minimum Gasteiger partial charge on any atom is -0.455 e. The molecule has 2 saturated heterocycles. The Balaban J connectivity index is 2.10. The van der Waals surface area contributed by atoms with Gasteiger partial charge in [-0.3, -0.25) is 4.90 Å². The lowest BCUT2D eigenvalue weighted by molar-refractivity contribution is -0.157. The van der Waals surface area contributed by atoms with E-state index < -0.39 is 23.3 Å². The van der Waals surface area contributed by atoms with Crippen molar-refractivity contribution < 1.29 is 19.1 Å². The number of carbonyl (C=O) groups is 2. The molecule has 5 nitrogen and oxygen atoms in total. The average molecular weight is 353 g/mol. The maximum absolute atomic E-state index is 11.9. The van der Waals surface area contributed by atoms with Crippen molar-refractivity contribution in [3.63, 3.8) is 0 Å². The van der Waals surface area contributed by atoms with Crippen LogP contribution in [0.25, 0.3) is 0 Å². The van der Waals surface area contributed by atoms with Gasteiger partial charge in [-0.1, -0.05) is 22.6 Å². The van der Waals surface area contributed by atoms with Gasteiger partial charge in [0.2, 0.25) is 0 Å². The van der Waals surface area contributed by atoms with Gasteiger partial charge >= 0.3 is 12.1 Å². The monoisotopic (exact) mass is 353 g/mol. The third-order valence-corrected chi connectivity index (χ3v) is 4.25. The molecule has 1 amide bonds. The highest BCUT2D eigenvalue weighted by atomic mass is 127. The molecular formula is C11H16INO4. The number of likely N-dealkylation sites (tertiary alicyclic amines) is 1. The van der Waals surface area contributed by atoms with Gasteiger partial charge in [-0.2, -0.15) is 0 Å². The quantitative estimate of drug-likeness (QED) is 0.409. The van der Waals surface area contributed by atoms with Crippen LogP contribution in [0.1, 0.15) is 27.2 Å². The number of ether oxygens (including phenoxy) is 2. The molecule has 2 fully saturated rings. The summed E-state index contributed by atoms with van der Waals surface area (Å²) in [7, 11) is 0. The number of fused-ring (bicyclic) bond motifs is 2. The number of rotatable bonds is 1. The lowest BCUT2D eigenvalue weighted by atomic mass is 10.1. The zero-order chi connectivity index (χ0) is 12.8. The molecule has 2 aliphatic rings. The highest BCUT2D eigenvalue weighted by Gasteiger charge is 2.58. The van der Waals surface area contributed by atoms with Gasteiger partial charge in [0.25, 0.3) is 0 Å². The first kappa shape index (κ1) is 12.9. The van der Waals surface area contributed by atoms with E-state index in [1.54, 1.807) is 0 Å². The number of alkyl halides is 1. The Morgan fingerprint density at radius 1 is 1.65 bits per heavy atom. The minimum atomic E-state index is -0.541. The zero-order valence-electron chi connectivity index (χ0n) is 10.2. The number of morpholine rings is 1. The van der Waals surface area contributed by atoms with Crippen LogP contribution in [0.3, 0.4) is 0 Å². The fraction of sp³-hybridized carbons (Fsp3) is 0.818. The van der Waals surface area contributed by atoms with Crippen molar-refractivity contribution >= 4 is 34.7 Å². The Morgan fingerprint density at radius 2 is 2.29 bits per heavy atom. The first-order valence-corrected chi connectivity index (χ1v) is 7.07. The molecule has 2 bridgehead atoms. The lowest BCUT2D eigenvalue weighted by Crippen LogP contribution is -2.50. The Morgan fingerprint density at radius 3 is 2.76 bits per heavy atom. The molecule has 2 aliphatic heterocycles. The van der Waals surface area contributed by atoms with Gasteiger partial charge < -0.3 is 9.47 Å². The number of hydrogen-bond donors (Lipinski definition) is 0. The largest absolute Gasteiger partial charge is 0.455 e. The first-order chi connectivity index (χ1) is 7.76. The minimum absolute atomic E-state index is 0.307. The summed E-state index contributed by atoms with van der Waals surface area (Å²) in [6.07, 6.45) is 0.166. The number of halogens is 1. The predicted molar refractivity (Wildman–Crippen MR) is 69.1 cm³/mol. The standard InChI is InChI=1S/C11H16INO4/c1-10(2,3)17-9(15)13-6-11(5-12)4-7(13)8(14)16-11/h7H,4-6H2,1-3H3. The van der Waals surface area contributed by atoms with E-state index in [0.717, 1.165) is 0 Å². The Hall–Kier alpha value is -0.530. The Labute approximate surface area is 114 Å². The van der Waals surface area contributed by atoms with Gasteiger partial charge in [-0.05, 0) is 20.8 Å². The second-order valence-corrected chi connectivity index (χ2v) is 6.33. The summed E-state index contributed by atoms with van der Waals surface area (Å²) in [6, 6.07) is -0.459. The van der Waals surface area contributed by atoms with Crippen LogP contribution >= 0.6 is 22.6 Å². The van der Waals surface area contributed by atoms with Crippen molar-refractivity contribution in [2.75, 3.05) is 11.0 Å². The van der Waals surface area contributed by atoms with E-state index in [0.29, 0.717) is 17.4 Å². The summed E-state index contributed by atoms with van der Waals surface area (Å²) >= 11 is 2.18. The molecule has 0 saturated carbocycles. The summed E-state index contributed by atoms with van der Waals surface area (Å²) in [4.78, 5) is 25.0. The van der Waals surface area contributed by atoms with E-state index in [-0.39, 0.29) is 5.97 Å². The molecule has 0 radical (unpaired) electrons. The number of esters is 1. The molecule has 6 heteroatoms. The number of carbonyl (C=O) groups excluding carboxylic acids is 2. The van der Waals surface area contributed by atoms with Crippen LogP contribution in [0, 0.1) is 0 Å². The van der Waals surface area contributed by atoms with Crippen LogP contribution in [0.15, 0.2) is 0 Å². The van der Waals surface area contributed by atoms with Crippen molar-refractivity contribution in [1.29, 1.82) is 0 Å². The van der Waals surface area contributed by atoms with Crippen molar-refractivity contribution in [3.8, 4) is 0 Å². The summed E-state index contributed by atoms with van der Waals surface area (Å²) in [5.41, 5.74) is -1.03. The second kappa shape index (κ2) is 4.00. The molecule has 2 rings (SSSR count).